The lowest BCUT2D eigenvalue weighted by Gasteiger charge is -2.35. The van der Waals surface area contributed by atoms with E-state index in [2.05, 4.69) is 37.7 Å². The second-order valence-electron chi connectivity index (χ2n) is 22.7. The van der Waals surface area contributed by atoms with Crippen LogP contribution in [0.25, 0.3) is 43.4 Å². The van der Waals surface area contributed by atoms with Crippen LogP contribution in [0.4, 0.5) is 10.2 Å². The highest BCUT2D eigenvalue weighted by Crippen LogP contribution is 2.40. The molecule has 0 radical (unpaired) electrons. The van der Waals surface area contributed by atoms with E-state index < -0.39 is 35.3 Å². The SMILES string of the molecule is CCc1cccc2cc(O)cc(-c3ncc4c(N5C[C@H]6CC[C@@H](C5)N6)nc(OC[C@@H]5CCCN5CCCOCCC(=O)N[C@H](C(=O)N5C[C@H](O)C[C@H]5C(=O)N[C@@H](C)c5ccc(-c6scnc6C)cc5)C(C)(C)C)nc4c3F)c12. The lowest BCUT2D eigenvalue weighted by Crippen LogP contribution is -2.58. The van der Waals surface area contributed by atoms with Gasteiger partial charge in [0.25, 0.3) is 0 Å². The van der Waals surface area contributed by atoms with Gasteiger partial charge in [0.2, 0.25) is 17.7 Å². The summed E-state index contributed by atoms with van der Waals surface area (Å²) in [5.41, 5.74) is 5.79. The first kappa shape index (κ1) is 55.0. The zero-order chi connectivity index (χ0) is 54.8. The van der Waals surface area contributed by atoms with Crippen molar-refractivity contribution in [2.75, 3.05) is 57.4 Å². The summed E-state index contributed by atoms with van der Waals surface area (Å²) in [5.74, 6) is -1.10. The molecule has 7 heterocycles. The summed E-state index contributed by atoms with van der Waals surface area (Å²) < 4.78 is 29.6. The number of aliphatic hydroxyl groups is 1. The molecule has 3 aromatic heterocycles. The molecule has 19 heteroatoms. The molecule has 0 aliphatic carbocycles. The van der Waals surface area contributed by atoms with E-state index in [9.17, 15) is 24.6 Å². The van der Waals surface area contributed by atoms with E-state index in [0.29, 0.717) is 48.5 Å². The topological polar surface area (TPSA) is 208 Å². The first-order chi connectivity index (χ1) is 37.5. The van der Waals surface area contributed by atoms with E-state index in [1.54, 1.807) is 29.7 Å². The molecule has 4 aliphatic heterocycles. The average molecular weight is 1090 g/mol. The Labute approximate surface area is 459 Å². The number of phenols is 1. The third kappa shape index (κ3) is 12.0. The first-order valence-electron chi connectivity index (χ1n) is 27.7. The van der Waals surface area contributed by atoms with Crippen molar-refractivity contribution in [2.24, 2.45) is 5.41 Å². The van der Waals surface area contributed by atoms with Crippen LogP contribution in [0.15, 0.2) is 66.3 Å². The van der Waals surface area contributed by atoms with Crippen molar-refractivity contribution in [1.82, 2.24) is 45.7 Å². The summed E-state index contributed by atoms with van der Waals surface area (Å²) in [7, 11) is 0. The van der Waals surface area contributed by atoms with Gasteiger partial charge in [0.05, 0.1) is 40.2 Å². The van der Waals surface area contributed by atoms with Gasteiger partial charge in [-0.2, -0.15) is 9.97 Å². The quantitative estimate of drug-likeness (QED) is 0.0495. The van der Waals surface area contributed by atoms with Crippen molar-refractivity contribution in [1.29, 1.82) is 0 Å². The highest BCUT2D eigenvalue weighted by Gasteiger charge is 2.45. The number of thiazole rings is 1. The van der Waals surface area contributed by atoms with Crippen molar-refractivity contribution in [2.45, 2.75) is 135 Å². The minimum Gasteiger partial charge on any atom is -0.508 e. The fourth-order valence-electron chi connectivity index (χ4n) is 11.9. The van der Waals surface area contributed by atoms with Crippen molar-refractivity contribution in [3.8, 4) is 33.5 Å². The number of halogens is 1. The fraction of sp³-hybridized carbons (Fsp3) is 0.508. The van der Waals surface area contributed by atoms with Crippen LogP contribution in [-0.4, -0.2) is 147 Å². The molecular weight excluding hydrogens is 1010 g/mol. The zero-order valence-corrected chi connectivity index (χ0v) is 46.4. The molecule has 0 saturated carbocycles. The molecule has 4 aliphatic rings. The number of likely N-dealkylation sites (tertiary alicyclic amines) is 2. The minimum atomic E-state index is -0.947. The number of rotatable bonds is 19. The van der Waals surface area contributed by atoms with E-state index in [1.807, 2.05) is 82.6 Å². The Hall–Kier alpha value is -6.38. The van der Waals surface area contributed by atoms with Crippen molar-refractivity contribution in [3.63, 3.8) is 0 Å². The summed E-state index contributed by atoms with van der Waals surface area (Å²) in [5, 5.41) is 33.3. The molecule has 7 atom stereocenters. The highest BCUT2D eigenvalue weighted by molar-refractivity contribution is 7.13. The minimum absolute atomic E-state index is 0.0154. The third-order valence-corrected chi connectivity index (χ3v) is 17.0. The lowest BCUT2D eigenvalue weighted by molar-refractivity contribution is -0.144. The molecule has 17 nitrogen and oxygen atoms in total. The molecule has 5 N–H and O–H groups in total. The standard InChI is InChI=1S/C59H73FN10O7S/c1-7-36-11-8-12-39-25-43(71)26-45(49(36)39)51-50(60)52-46(28-61-51)55(69-29-40-18-19-41(30-69)64-40)67-58(66-52)77-32-42-13-9-21-68(42)22-10-23-76-24-20-48(73)65-54(59(4,5)6)57(75)70-31-44(72)27-47(70)56(74)63-34(2)37-14-16-38(17-15-37)53-35(3)62-33-78-53/h8,11-12,14-17,25-26,28,33-34,40-42,44,47,54,64,71-72H,7,9-10,13,18-24,27,29-32H2,1-6H3,(H,63,74)(H,65,73)/t34-,40-,41+,42-,44+,47-,54+/m0/s1. The van der Waals surface area contributed by atoms with Gasteiger partial charge in [0.15, 0.2) is 5.82 Å². The Bertz CT molecular complexity index is 3140. The number of nitrogens with one attached hydrogen (secondary N) is 3. The number of aromatic nitrogens is 4. The Morgan fingerprint density at radius 2 is 1.77 bits per heavy atom. The number of pyridine rings is 1. The van der Waals surface area contributed by atoms with Crippen molar-refractivity contribution < 1.29 is 38.5 Å². The van der Waals surface area contributed by atoms with Crippen LogP contribution in [0.2, 0.25) is 0 Å². The van der Waals surface area contributed by atoms with Gasteiger partial charge >= 0.3 is 6.01 Å². The van der Waals surface area contributed by atoms with Crippen LogP contribution < -0.4 is 25.6 Å². The molecule has 0 unspecified atom stereocenters. The van der Waals surface area contributed by atoms with Gasteiger partial charge in [0, 0.05) is 75.5 Å². The number of aryl methyl sites for hydroxylation is 2. The summed E-state index contributed by atoms with van der Waals surface area (Å²) in [6.45, 7) is 15.4. The smallest absolute Gasteiger partial charge is 0.319 e. The van der Waals surface area contributed by atoms with Crippen LogP contribution >= 0.6 is 11.3 Å². The summed E-state index contributed by atoms with van der Waals surface area (Å²) in [4.78, 5) is 67.3. The van der Waals surface area contributed by atoms with Crippen LogP contribution in [-0.2, 0) is 25.5 Å². The number of aliphatic hydroxyl groups excluding tert-OH is 1. The number of piperazine rings is 1. The number of ether oxygens (including phenoxy) is 2. The lowest BCUT2D eigenvalue weighted by atomic mass is 9.85. The maximum absolute atomic E-state index is 17.2. The number of hydrogen-bond acceptors (Lipinski definition) is 15. The number of benzene rings is 3. The number of amides is 3. The zero-order valence-electron chi connectivity index (χ0n) is 45.6. The number of aromatic hydroxyl groups is 1. The third-order valence-electron chi connectivity index (χ3n) is 16.0. The Morgan fingerprint density at radius 3 is 2.50 bits per heavy atom. The van der Waals surface area contributed by atoms with E-state index in [0.717, 1.165) is 96.3 Å². The second-order valence-corrected chi connectivity index (χ2v) is 23.5. The molecule has 2 bridgehead atoms. The molecule has 10 rings (SSSR count). The Kier molecular flexibility index (Phi) is 16.6. The van der Waals surface area contributed by atoms with Gasteiger partial charge in [-0.1, -0.05) is 70.2 Å². The van der Waals surface area contributed by atoms with Gasteiger partial charge < -0.3 is 45.4 Å². The molecule has 4 saturated heterocycles. The van der Waals surface area contributed by atoms with Crippen LogP contribution in [0.5, 0.6) is 11.8 Å². The molecule has 6 aromatic rings. The van der Waals surface area contributed by atoms with Gasteiger partial charge in [-0.15, -0.1) is 11.3 Å². The predicted octanol–water partition coefficient (Wildman–Crippen LogP) is 7.63. The number of hydrogen-bond donors (Lipinski definition) is 5. The second kappa shape index (κ2) is 23.5. The molecule has 414 valence electrons. The number of carbonyl (C=O) groups is 3. The molecule has 3 aromatic carbocycles. The fourth-order valence-corrected chi connectivity index (χ4v) is 12.7. The van der Waals surface area contributed by atoms with Gasteiger partial charge in [0.1, 0.15) is 41.5 Å². The van der Waals surface area contributed by atoms with Gasteiger partial charge in [-0.3, -0.25) is 24.3 Å². The predicted molar refractivity (Wildman–Crippen MR) is 300 cm³/mol. The average Bonchev–Trinajstić information content (AvgIpc) is 4.37. The number of fused-ring (bicyclic) bond motifs is 4. The maximum atomic E-state index is 17.2. The number of β-amino-alcohol motifs (C(OH)–C–C–N with tert-alkyl or cyclic N) is 1. The number of nitrogens with zero attached hydrogens (tertiary/aromatic N) is 7. The Balaban J connectivity index is 0.728. The van der Waals surface area contributed by atoms with Crippen LogP contribution in [0, 0.1) is 18.2 Å². The van der Waals surface area contributed by atoms with Crippen LogP contribution in [0.3, 0.4) is 0 Å². The summed E-state index contributed by atoms with van der Waals surface area (Å²) >= 11 is 1.58. The van der Waals surface area contributed by atoms with E-state index in [-0.39, 0.29) is 72.9 Å². The summed E-state index contributed by atoms with van der Waals surface area (Å²) in [6.07, 6.45) is 6.37. The largest absolute Gasteiger partial charge is 0.508 e. The molecule has 0 spiro atoms. The first-order valence-corrected chi connectivity index (χ1v) is 28.6. The Morgan fingerprint density at radius 1 is 0.987 bits per heavy atom. The maximum Gasteiger partial charge on any atom is 0.319 e. The van der Waals surface area contributed by atoms with E-state index in [1.165, 1.54) is 4.90 Å². The number of anilines is 1. The monoisotopic (exact) mass is 1080 g/mol. The van der Waals surface area contributed by atoms with Crippen LogP contribution in [0.1, 0.15) is 102 Å². The molecule has 4 fully saturated rings. The van der Waals surface area contributed by atoms with E-state index >= 15 is 4.39 Å². The van der Waals surface area contributed by atoms with Crippen molar-refractivity contribution in [3.05, 3.63) is 88.9 Å². The highest BCUT2D eigenvalue weighted by atomic mass is 32.1. The molecule has 3 amide bonds. The van der Waals surface area contributed by atoms with Crippen molar-refractivity contribution >= 4 is 56.6 Å². The summed E-state index contributed by atoms with van der Waals surface area (Å²) in [6, 6.07) is 15.7. The number of carbonyl (C=O) groups excluding carboxylic acids is 3. The normalized spacial score (nSPS) is 21.4. The van der Waals surface area contributed by atoms with E-state index in [4.69, 9.17) is 24.4 Å². The number of phenolic OH excluding ortho intramolecular Hbond substituents is 1. The van der Waals surface area contributed by atoms with Gasteiger partial charge in [-0.25, -0.2) is 9.37 Å². The molecule has 78 heavy (non-hydrogen) atoms. The van der Waals surface area contributed by atoms with Gasteiger partial charge in [-0.05, 0) is 104 Å². The molecular formula is C59H73FN10O7S.